The van der Waals surface area contributed by atoms with Crippen molar-refractivity contribution in [2.75, 3.05) is 13.7 Å². The minimum atomic E-state index is -3.87. The summed E-state index contributed by atoms with van der Waals surface area (Å²) in [5, 5.41) is 1.05. The van der Waals surface area contributed by atoms with Crippen molar-refractivity contribution in [2.45, 2.75) is 11.3 Å². The van der Waals surface area contributed by atoms with E-state index in [4.69, 9.17) is 11.6 Å². The Morgan fingerprint density at radius 3 is 2.88 bits per heavy atom. The van der Waals surface area contributed by atoms with Gasteiger partial charge in [0.2, 0.25) is 10.0 Å². The first-order valence-electron chi connectivity index (χ1n) is 7.34. The van der Waals surface area contributed by atoms with Crippen molar-refractivity contribution < 1.29 is 17.9 Å². The smallest absolute Gasteiger partial charge is 0.349 e. The molecule has 0 aliphatic rings. The molecule has 6 nitrogen and oxygen atoms in total. The number of thiophene rings is 1. The van der Waals surface area contributed by atoms with Gasteiger partial charge in [-0.05, 0) is 24.1 Å². The van der Waals surface area contributed by atoms with E-state index >= 15 is 0 Å². The minimum Gasteiger partial charge on any atom is -0.465 e. The quantitative estimate of drug-likeness (QED) is 0.624. The molecule has 0 saturated heterocycles. The number of para-hydroxylation sites is 1. The molecule has 0 amide bonds. The fraction of sp³-hybridized carbons (Fsp3) is 0.188. The molecule has 0 spiro atoms. The molecule has 9 heteroatoms. The van der Waals surface area contributed by atoms with Crippen LogP contribution in [0.1, 0.15) is 15.2 Å². The van der Waals surface area contributed by atoms with Gasteiger partial charge in [0.05, 0.1) is 11.4 Å². The molecule has 1 aromatic carbocycles. The van der Waals surface area contributed by atoms with E-state index in [2.05, 4.69) is 14.4 Å². The molecule has 0 radical (unpaired) electrons. The van der Waals surface area contributed by atoms with Gasteiger partial charge >= 0.3 is 5.97 Å². The van der Waals surface area contributed by atoms with Gasteiger partial charge in [-0.3, -0.25) is 0 Å². The van der Waals surface area contributed by atoms with E-state index in [-0.39, 0.29) is 20.7 Å². The van der Waals surface area contributed by atoms with Crippen molar-refractivity contribution in [2.24, 2.45) is 0 Å². The van der Waals surface area contributed by atoms with Crippen LogP contribution in [0, 0.1) is 0 Å². The van der Waals surface area contributed by atoms with E-state index in [9.17, 15) is 13.2 Å². The molecule has 2 N–H and O–H groups in total. The van der Waals surface area contributed by atoms with Crippen molar-refractivity contribution >= 4 is 49.8 Å². The van der Waals surface area contributed by atoms with Crippen LogP contribution in [0.5, 0.6) is 0 Å². The summed E-state index contributed by atoms with van der Waals surface area (Å²) in [5.74, 6) is -0.728. The van der Waals surface area contributed by atoms with Gasteiger partial charge in [0.15, 0.2) is 0 Å². The van der Waals surface area contributed by atoms with Gasteiger partial charge in [-0.15, -0.1) is 11.3 Å². The second-order valence-corrected chi connectivity index (χ2v) is 8.66. The highest BCUT2D eigenvalue weighted by molar-refractivity contribution is 7.89. The van der Waals surface area contributed by atoms with Crippen LogP contribution in [0.25, 0.3) is 10.9 Å². The van der Waals surface area contributed by atoms with Crippen molar-refractivity contribution in [3.8, 4) is 0 Å². The Bertz CT molecular complexity index is 1020. The van der Waals surface area contributed by atoms with Gasteiger partial charge in [0.25, 0.3) is 0 Å². The number of rotatable bonds is 6. The predicted molar refractivity (Wildman–Crippen MR) is 97.9 cm³/mol. The first-order chi connectivity index (χ1) is 11.9. The predicted octanol–water partition coefficient (Wildman–Crippen LogP) is 3.19. The lowest BCUT2D eigenvalue weighted by Gasteiger charge is -2.06. The molecule has 0 atom stereocenters. The molecule has 0 unspecified atom stereocenters. The van der Waals surface area contributed by atoms with E-state index in [1.54, 1.807) is 0 Å². The molecular weight excluding hydrogens is 384 g/mol. The lowest BCUT2D eigenvalue weighted by atomic mass is 10.1. The average Bonchev–Trinajstić information content (AvgIpc) is 3.18. The van der Waals surface area contributed by atoms with Gasteiger partial charge in [-0.1, -0.05) is 29.8 Å². The second-order valence-electron chi connectivity index (χ2n) is 5.24. The number of H-pyrrole nitrogens is 1. The van der Waals surface area contributed by atoms with Crippen LogP contribution >= 0.6 is 22.9 Å². The van der Waals surface area contributed by atoms with Crippen LogP contribution in [-0.4, -0.2) is 33.0 Å². The van der Waals surface area contributed by atoms with Gasteiger partial charge in [0.1, 0.15) is 9.77 Å². The third-order valence-corrected chi connectivity index (χ3v) is 6.55. The van der Waals surface area contributed by atoms with E-state index < -0.39 is 16.0 Å². The number of fused-ring (bicyclic) bond motifs is 1. The van der Waals surface area contributed by atoms with E-state index in [1.165, 1.54) is 13.2 Å². The molecule has 132 valence electrons. The molecule has 0 bridgehead atoms. The first kappa shape index (κ1) is 17.9. The number of methoxy groups -OCH3 is 1. The molecule has 0 aliphatic heterocycles. The zero-order valence-corrected chi connectivity index (χ0v) is 15.6. The third-order valence-electron chi connectivity index (χ3n) is 3.69. The number of hydrogen-bond acceptors (Lipinski definition) is 5. The Morgan fingerprint density at radius 1 is 1.36 bits per heavy atom. The van der Waals surface area contributed by atoms with Crippen LogP contribution in [0.15, 0.2) is 41.4 Å². The normalized spacial score (nSPS) is 11.8. The van der Waals surface area contributed by atoms with Crippen molar-refractivity contribution in [3.05, 3.63) is 51.3 Å². The fourth-order valence-corrected chi connectivity index (χ4v) is 5.28. The summed E-state index contributed by atoms with van der Waals surface area (Å²) in [7, 11) is -2.68. The number of esters is 1. The summed E-state index contributed by atoms with van der Waals surface area (Å²) in [6.45, 7) is 0.193. The Hall–Kier alpha value is -1.87. The lowest BCUT2D eigenvalue weighted by Crippen LogP contribution is -2.27. The summed E-state index contributed by atoms with van der Waals surface area (Å²) in [6.07, 6.45) is 2.37. The maximum Gasteiger partial charge on any atom is 0.349 e. The van der Waals surface area contributed by atoms with Crippen LogP contribution < -0.4 is 4.72 Å². The number of carbonyl (C=O) groups is 1. The Kier molecular flexibility index (Phi) is 5.14. The third kappa shape index (κ3) is 3.72. The fourth-order valence-electron chi connectivity index (χ4n) is 2.52. The van der Waals surface area contributed by atoms with Crippen LogP contribution in [0.2, 0.25) is 4.34 Å². The molecule has 0 aliphatic carbocycles. The summed E-state index contributed by atoms with van der Waals surface area (Å²) in [4.78, 5) is 14.7. The Labute approximate surface area is 153 Å². The molecule has 3 aromatic rings. The lowest BCUT2D eigenvalue weighted by molar-refractivity contribution is 0.0602. The Morgan fingerprint density at radius 2 is 2.12 bits per heavy atom. The minimum absolute atomic E-state index is 0.0351. The van der Waals surface area contributed by atoms with Gasteiger partial charge < -0.3 is 9.72 Å². The number of ether oxygens (including phenoxy) is 1. The molecule has 2 aromatic heterocycles. The molecule has 0 saturated carbocycles. The molecule has 25 heavy (non-hydrogen) atoms. The molecule has 3 rings (SSSR count). The molecule has 2 heterocycles. The standard InChI is InChI=1S/C16H15ClN2O4S2/c1-23-16(20)15-13(8-14(17)24-15)25(21,22)19-7-6-10-9-18-12-5-3-2-4-11(10)12/h2-5,8-9,18-19H,6-7H2,1H3. The van der Waals surface area contributed by atoms with Crippen molar-refractivity contribution in [1.82, 2.24) is 9.71 Å². The second kappa shape index (κ2) is 7.17. The highest BCUT2D eigenvalue weighted by Gasteiger charge is 2.26. The van der Waals surface area contributed by atoms with Crippen LogP contribution in [-0.2, 0) is 21.2 Å². The van der Waals surface area contributed by atoms with Crippen molar-refractivity contribution in [1.29, 1.82) is 0 Å². The summed E-state index contributed by atoms with van der Waals surface area (Å²) >= 11 is 6.74. The zero-order chi connectivity index (χ0) is 18.0. The number of halogens is 1. The largest absolute Gasteiger partial charge is 0.465 e. The van der Waals surface area contributed by atoms with E-state index in [0.717, 1.165) is 27.8 Å². The topological polar surface area (TPSA) is 88.3 Å². The number of sulfonamides is 1. The summed E-state index contributed by atoms with van der Waals surface area (Å²) < 4.78 is 32.3. The monoisotopic (exact) mass is 398 g/mol. The maximum atomic E-state index is 12.5. The van der Waals surface area contributed by atoms with Gasteiger partial charge in [-0.25, -0.2) is 17.9 Å². The SMILES string of the molecule is COC(=O)c1sc(Cl)cc1S(=O)(=O)NCCc1c[nH]c2ccccc12. The first-order valence-corrected chi connectivity index (χ1v) is 10.0. The number of carbonyl (C=O) groups excluding carboxylic acids is 1. The highest BCUT2D eigenvalue weighted by atomic mass is 35.5. The summed E-state index contributed by atoms with van der Waals surface area (Å²) in [6, 6.07) is 9.05. The zero-order valence-electron chi connectivity index (χ0n) is 13.2. The number of aromatic amines is 1. The number of nitrogens with one attached hydrogen (secondary N) is 2. The average molecular weight is 399 g/mol. The van der Waals surface area contributed by atoms with Gasteiger partial charge in [0, 0.05) is 23.6 Å². The number of benzene rings is 1. The highest BCUT2D eigenvalue weighted by Crippen LogP contribution is 2.30. The maximum absolute atomic E-state index is 12.5. The van der Waals surface area contributed by atoms with Crippen LogP contribution in [0.3, 0.4) is 0 Å². The van der Waals surface area contributed by atoms with Crippen LogP contribution in [0.4, 0.5) is 0 Å². The van der Waals surface area contributed by atoms with Gasteiger partial charge in [-0.2, -0.15) is 0 Å². The Balaban J connectivity index is 1.75. The molecule has 0 fully saturated rings. The number of aromatic nitrogens is 1. The van der Waals surface area contributed by atoms with Crippen molar-refractivity contribution in [3.63, 3.8) is 0 Å². The number of hydrogen-bond donors (Lipinski definition) is 2. The van der Waals surface area contributed by atoms with E-state index in [1.807, 2.05) is 30.5 Å². The summed E-state index contributed by atoms with van der Waals surface area (Å²) in [5.41, 5.74) is 2.01. The van der Waals surface area contributed by atoms with E-state index in [0.29, 0.717) is 6.42 Å². The molecular formula is C16H15ClN2O4S2.